The van der Waals surface area contributed by atoms with E-state index < -0.39 is 0 Å². The molecule has 0 radical (unpaired) electrons. The first-order valence-corrected chi connectivity index (χ1v) is 9.82. The summed E-state index contributed by atoms with van der Waals surface area (Å²) >= 11 is 6.55. The zero-order valence-corrected chi connectivity index (χ0v) is 16.5. The van der Waals surface area contributed by atoms with Crippen molar-refractivity contribution >= 4 is 40.3 Å². The molecule has 0 fully saturated rings. The first-order valence-electron chi connectivity index (χ1n) is 9.44. The fourth-order valence-corrected chi connectivity index (χ4v) is 3.71. The highest BCUT2D eigenvalue weighted by molar-refractivity contribution is 6.51. The molecule has 29 heavy (non-hydrogen) atoms. The number of halogens is 1. The third kappa shape index (κ3) is 4.23. The Labute approximate surface area is 175 Å². The molecule has 0 aliphatic heterocycles. The van der Waals surface area contributed by atoms with Crippen LogP contribution in [0.5, 0.6) is 0 Å². The average Bonchev–Trinajstić information content (AvgIpc) is 2.77. The Kier molecular flexibility index (Phi) is 5.73. The Hall–Kier alpha value is -3.37. The fraction of sp³-hybridized carbons (Fsp3) is 0.0833. The van der Waals surface area contributed by atoms with Crippen LogP contribution in [0, 0.1) is 0 Å². The lowest BCUT2D eigenvalue weighted by Gasteiger charge is -2.22. The van der Waals surface area contributed by atoms with Crippen molar-refractivity contribution in [2.75, 3.05) is 4.90 Å². The van der Waals surface area contributed by atoms with Crippen LogP contribution in [-0.2, 0) is 6.42 Å². The van der Waals surface area contributed by atoms with E-state index in [1.807, 2.05) is 78.9 Å². The quantitative estimate of drug-likeness (QED) is 0.415. The summed E-state index contributed by atoms with van der Waals surface area (Å²) in [6.45, 7) is 0. The van der Waals surface area contributed by atoms with Crippen molar-refractivity contribution in [2.24, 2.45) is 5.10 Å². The van der Waals surface area contributed by atoms with E-state index in [1.165, 1.54) is 5.56 Å². The number of aryl methyl sites for hydroxylation is 1. The number of carbonyl (C=O) groups is 1. The Morgan fingerprint density at radius 1 is 0.862 bits per heavy atom. The molecule has 0 bridgehead atoms. The predicted octanol–water partition coefficient (Wildman–Crippen LogP) is 6.12. The first kappa shape index (κ1) is 19.0. The number of nitrogens with one attached hydrogen (secondary N) is 1. The van der Waals surface area contributed by atoms with Crippen molar-refractivity contribution in [1.82, 2.24) is 5.43 Å². The van der Waals surface area contributed by atoms with E-state index in [9.17, 15) is 4.79 Å². The summed E-state index contributed by atoms with van der Waals surface area (Å²) in [6, 6.07) is 26.7. The Bertz CT molecular complexity index is 1020. The minimum atomic E-state index is -0.341. The molecule has 0 saturated heterocycles. The number of amides is 2. The molecule has 3 aromatic carbocycles. The molecule has 1 aliphatic carbocycles. The van der Waals surface area contributed by atoms with E-state index in [1.54, 1.807) is 11.1 Å². The van der Waals surface area contributed by atoms with Gasteiger partial charge in [-0.1, -0.05) is 72.3 Å². The first-order chi connectivity index (χ1) is 14.2. The van der Waals surface area contributed by atoms with Crippen molar-refractivity contribution in [1.29, 1.82) is 0 Å². The second kappa shape index (κ2) is 8.76. The van der Waals surface area contributed by atoms with Crippen LogP contribution in [0.1, 0.15) is 17.5 Å². The predicted molar refractivity (Wildman–Crippen MR) is 120 cm³/mol. The van der Waals surface area contributed by atoms with Gasteiger partial charge in [-0.15, -0.1) is 0 Å². The van der Waals surface area contributed by atoms with Crippen LogP contribution < -0.4 is 10.3 Å². The number of carbonyl (C=O) groups excluding carboxylic acids is 1. The Morgan fingerprint density at radius 3 is 2.10 bits per heavy atom. The van der Waals surface area contributed by atoms with E-state index in [4.69, 9.17) is 11.6 Å². The molecule has 3 aromatic rings. The summed E-state index contributed by atoms with van der Waals surface area (Å²) in [4.78, 5) is 14.5. The van der Waals surface area contributed by atoms with Crippen LogP contribution >= 0.6 is 11.6 Å². The van der Waals surface area contributed by atoms with E-state index in [2.05, 4.69) is 16.6 Å². The summed E-state index contributed by atoms with van der Waals surface area (Å²) in [7, 11) is 0. The maximum atomic E-state index is 12.9. The van der Waals surface area contributed by atoms with Crippen LogP contribution in [-0.4, -0.2) is 12.2 Å². The van der Waals surface area contributed by atoms with Crippen molar-refractivity contribution in [3.63, 3.8) is 0 Å². The second-order valence-corrected chi connectivity index (χ2v) is 7.06. The average molecular weight is 402 g/mol. The third-order valence-corrected chi connectivity index (χ3v) is 5.26. The molecule has 1 aliphatic rings. The largest absolute Gasteiger partial charge is 0.346 e. The molecular formula is C24H20ClN3O. The fourth-order valence-electron chi connectivity index (χ4n) is 3.38. The van der Waals surface area contributed by atoms with Crippen molar-refractivity contribution < 1.29 is 4.79 Å². The molecule has 4 nitrogen and oxygen atoms in total. The topological polar surface area (TPSA) is 44.7 Å². The standard InChI is InChI=1S/C24H20ClN3O/c25-23-19(16-15-18-9-7-8-14-22(18)23)17-26-27-24(29)28(20-10-3-1-4-11-20)21-12-5-2-6-13-21/h1-14,17H,15-16H2,(H,27,29)/b26-17-. The molecule has 0 unspecified atom stereocenters. The minimum Gasteiger partial charge on any atom is -0.262 e. The van der Waals surface area contributed by atoms with Crippen molar-refractivity contribution in [3.8, 4) is 0 Å². The van der Waals surface area contributed by atoms with Gasteiger partial charge in [0.2, 0.25) is 0 Å². The van der Waals surface area contributed by atoms with Gasteiger partial charge < -0.3 is 0 Å². The molecule has 0 saturated carbocycles. The molecule has 1 N–H and O–H groups in total. The number of allylic oxidation sites excluding steroid dienone is 1. The van der Waals surface area contributed by atoms with Crippen LogP contribution in [0.4, 0.5) is 16.2 Å². The molecular weight excluding hydrogens is 382 g/mol. The number of rotatable bonds is 4. The van der Waals surface area contributed by atoms with E-state index >= 15 is 0 Å². The Balaban J connectivity index is 1.55. The number of para-hydroxylation sites is 2. The lowest BCUT2D eigenvalue weighted by atomic mass is 9.92. The highest BCUT2D eigenvalue weighted by Crippen LogP contribution is 2.33. The van der Waals surface area contributed by atoms with Crippen LogP contribution in [0.3, 0.4) is 0 Å². The minimum absolute atomic E-state index is 0.341. The third-order valence-electron chi connectivity index (χ3n) is 4.81. The van der Waals surface area contributed by atoms with Gasteiger partial charge in [0.25, 0.3) is 0 Å². The number of hydrazone groups is 1. The van der Waals surface area contributed by atoms with Gasteiger partial charge in [0.1, 0.15) is 0 Å². The van der Waals surface area contributed by atoms with Gasteiger partial charge in [0.15, 0.2) is 0 Å². The lowest BCUT2D eigenvalue weighted by molar-refractivity contribution is 0.249. The van der Waals surface area contributed by atoms with Gasteiger partial charge in [0.05, 0.1) is 22.6 Å². The highest BCUT2D eigenvalue weighted by atomic mass is 35.5. The number of urea groups is 1. The Morgan fingerprint density at radius 2 is 1.45 bits per heavy atom. The number of fused-ring (bicyclic) bond motifs is 1. The number of hydrogen-bond acceptors (Lipinski definition) is 2. The second-order valence-electron chi connectivity index (χ2n) is 6.68. The van der Waals surface area contributed by atoms with Gasteiger partial charge in [-0.25, -0.2) is 10.2 Å². The van der Waals surface area contributed by atoms with Gasteiger partial charge >= 0.3 is 6.03 Å². The molecule has 0 spiro atoms. The molecule has 0 heterocycles. The molecule has 4 rings (SSSR count). The van der Waals surface area contributed by atoms with Crippen LogP contribution in [0.25, 0.3) is 5.03 Å². The van der Waals surface area contributed by atoms with Crippen molar-refractivity contribution in [2.45, 2.75) is 12.8 Å². The SMILES string of the molecule is O=C(N/N=C\C1=C(Cl)c2ccccc2CC1)N(c1ccccc1)c1ccccc1. The zero-order chi connectivity index (χ0) is 20.1. The highest BCUT2D eigenvalue weighted by Gasteiger charge is 2.18. The number of anilines is 2. The summed E-state index contributed by atoms with van der Waals surface area (Å²) in [5.41, 5.74) is 7.33. The normalized spacial score (nSPS) is 13.3. The zero-order valence-electron chi connectivity index (χ0n) is 15.8. The molecule has 0 atom stereocenters. The van der Waals surface area contributed by atoms with Gasteiger partial charge in [0, 0.05) is 0 Å². The maximum absolute atomic E-state index is 12.9. The molecule has 5 heteroatoms. The monoisotopic (exact) mass is 401 g/mol. The molecule has 2 amide bonds. The van der Waals surface area contributed by atoms with Crippen LogP contribution in [0.2, 0.25) is 0 Å². The molecule has 0 aromatic heterocycles. The maximum Gasteiger partial charge on any atom is 0.346 e. The van der Waals surface area contributed by atoms with Gasteiger partial charge in [-0.2, -0.15) is 5.10 Å². The van der Waals surface area contributed by atoms with E-state index in [0.29, 0.717) is 5.03 Å². The summed E-state index contributed by atoms with van der Waals surface area (Å²) in [5.74, 6) is 0. The van der Waals surface area contributed by atoms with E-state index in [0.717, 1.165) is 35.4 Å². The summed E-state index contributed by atoms with van der Waals surface area (Å²) in [6.07, 6.45) is 3.34. The number of benzene rings is 3. The van der Waals surface area contributed by atoms with Crippen LogP contribution in [0.15, 0.2) is 95.6 Å². The molecule has 144 valence electrons. The van der Waals surface area contributed by atoms with Gasteiger partial charge in [-0.05, 0) is 53.8 Å². The summed E-state index contributed by atoms with van der Waals surface area (Å²) < 4.78 is 0. The van der Waals surface area contributed by atoms with Crippen molar-refractivity contribution in [3.05, 3.63) is 102 Å². The number of hydrogen-bond donors (Lipinski definition) is 1. The summed E-state index contributed by atoms with van der Waals surface area (Å²) in [5, 5.41) is 4.87. The smallest absolute Gasteiger partial charge is 0.262 e. The lowest BCUT2D eigenvalue weighted by Crippen LogP contribution is -2.34. The number of nitrogens with zero attached hydrogens (tertiary/aromatic N) is 2. The van der Waals surface area contributed by atoms with E-state index in [-0.39, 0.29) is 6.03 Å². The van der Waals surface area contributed by atoms with Gasteiger partial charge in [-0.3, -0.25) is 4.90 Å².